The normalized spacial score (nSPS) is 12.6. The van der Waals surface area contributed by atoms with Crippen LogP contribution in [-0.4, -0.2) is 31.1 Å². The Bertz CT molecular complexity index is 688. The molecule has 148 valence electrons. The van der Waals surface area contributed by atoms with E-state index in [-0.39, 0.29) is 11.7 Å². The average molecular weight is 376 g/mol. The van der Waals surface area contributed by atoms with Crippen molar-refractivity contribution in [1.82, 2.24) is 4.90 Å². The Morgan fingerprint density at radius 1 is 0.926 bits per heavy atom. The molecule has 0 aliphatic rings. The molecule has 0 aliphatic heterocycles. The van der Waals surface area contributed by atoms with Gasteiger partial charge in [0.25, 0.3) is 0 Å². The van der Waals surface area contributed by atoms with Crippen LogP contribution in [0.4, 0.5) is 8.78 Å². The number of ether oxygens (including phenoxy) is 1. The summed E-state index contributed by atoms with van der Waals surface area (Å²) in [5.41, 5.74) is 3.80. The zero-order valence-electron chi connectivity index (χ0n) is 16.9. The summed E-state index contributed by atoms with van der Waals surface area (Å²) in [4.78, 5) is 2.34. The van der Waals surface area contributed by atoms with E-state index in [2.05, 4.69) is 50.8 Å². The highest BCUT2D eigenvalue weighted by Crippen LogP contribution is 2.26. The summed E-state index contributed by atoms with van der Waals surface area (Å²) in [5.74, 6) is -0.964. The molecule has 1 atom stereocenters. The van der Waals surface area contributed by atoms with Crippen molar-refractivity contribution in [3.05, 3.63) is 70.3 Å². The maximum atomic E-state index is 13.8. The van der Waals surface area contributed by atoms with Crippen LogP contribution >= 0.6 is 0 Å². The van der Waals surface area contributed by atoms with Gasteiger partial charge < -0.3 is 9.64 Å². The number of halogens is 2. The Kier molecular flexibility index (Phi) is 8.39. The lowest BCUT2D eigenvalue weighted by Gasteiger charge is -2.28. The predicted octanol–water partition coefficient (Wildman–Crippen LogP) is 5.61. The van der Waals surface area contributed by atoms with E-state index in [1.807, 2.05) is 0 Å². The summed E-state index contributed by atoms with van der Waals surface area (Å²) in [6.07, 6.45) is 0.873. The zero-order valence-corrected chi connectivity index (χ0v) is 16.9. The second-order valence-electron chi connectivity index (χ2n) is 6.95. The van der Waals surface area contributed by atoms with Crippen molar-refractivity contribution in [2.45, 2.75) is 46.6 Å². The van der Waals surface area contributed by atoms with E-state index in [0.29, 0.717) is 19.4 Å². The molecule has 27 heavy (non-hydrogen) atoms. The number of aryl methyl sites for hydroxylation is 2. The van der Waals surface area contributed by atoms with E-state index in [0.717, 1.165) is 19.6 Å². The molecule has 0 bridgehead atoms. The van der Waals surface area contributed by atoms with Crippen LogP contribution in [0.2, 0.25) is 0 Å². The van der Waals surface area contributed by atoms with E-state index in [1.54, 1.807) is 0 Å². The molecular weight excluding hydrogens is 344 g/mol. The Hall–Kier alpha value is -1.78. The number of likely N-dealkylation sites (N-methyl/N-ethyl adjacent to an activating group) is 1. The molecule has 0 amide bonds. The number of benzene rings is 2. The molecule has 4 heteroatoms. The van der Waals surface area contributed by atoms with Gasteiger partial charge in [-0.1, -0.05) is 38.1 Å². The van der Waals surface area contributed by atoms with Gasteiger partial charge in [-0.25, -0.2) is 8.78 Å². The van der Waals surface area contributed by atoms with Crippen molar-refractivity contribution in [1.29, 1.82) is 0 Å². The second-order valence-corrected chi connectivity index (χ2v) is 6.95. The Morgan fingerprint density at radius 2 is 1.48 bits per heavy atom. The molecule has 0 fully saturated rings. The fraction of sp³-hybridized carbons (Fsp3) is 0.478. The number of rotatable bonds is 10. The molecule has 2 aromatic rings. The van der Waals surface area contributed by atoms with Crippen LogP contribution in [-0.2, 0) is 11.2 Å². The van der Waals surface area contributed by atoms with Crippen LogP contribution in [0, 0.1) is 25.5 Å². The largest absolute Gasteiger partial charge is 0.372 e. The summed E-state index contributed by atoms with van der Waals surface area (Å²) in [7, 11) is 0. The maximum Gasteiger partial charge on any atom is 0.129 e. The molecule has 2 rings (SSSR count). The first-order valence-electron chi connectivity index (χ1n) is 9.80. The van der Waals surface area contributed by atoms with E-state index < -0.39 is 11.6 Å². The van der Waals surface area contributed by atoms with Crippen LogP contribution in [0.1, 0.15) is 48.6 Å². The van der Waals surface area contributed by atoms with E-state index in [9.17, 15) is 8.78 Å². The first-order chi connectivity index (χ1) is 13.0. The van der Waals surface area contributed by atoms with Gasteiger partial charge in [-0.3, -0.25) is 0 Å². The molecular formula is C23H31F2NO. The molecule has 1 unspecified atom stereocenters. The molecule has 0 N–H and O–H groups in total. The van der Waals surface area contributed by atoms with Gasteiger partial charge in [0.2, 0.25) is 0 Å². The molecule has 0 radical (unpaired) electrons. The molecule has 0 aliphatic carbocycles. The van der Waals surface area contributed by atoms with Crippen molar-refractivity contribution < 1.29 is 13.5 Å². The van der Waals surface area contributed by atoms with Crippen molar-refractivity contribution >= 4 is 0 Å². The molecule has 2 aromatic carbocycles. The first kappa shape index (κ1) is 21.5. The van der Waals surface area contributed by atoms with Crippen molar-refractivity contribution in [3.63, 3.8) is 0 Å². The molecule has 0 saturated carbocycles. The van der Waals surface area contributed by atoms with Gasteiger partial charge in [-0.15, -0.1) is 0 Å². The summed E-state index contributed by atoms with van der Waals surface area (Å²) in [5, 5.41) is 0. The van der Waals surface area contributed by atoms with Crippen molar-refractivity contribution in [3.8, 4) is 0 Å². The highest BCUT2D eigenvalue weighted by molar-refractivity contribution is 5.35. The van der Waals surface area contributed by atoms with Crippen LogP contribution in [0.5, 0.6) is 0 Å². The molecule has 0 spiro atoms. The van der Waals surface area contributed by atoms with Gasteiger partial charge in [0.1, 0.15) is 11.6 Å². The highest BCUT2D eigenvalue weighted by atomic mass is 19.1. The topological polar surface area (TPSA) is 12.5 Å². The van der Waals surface area contributed by atoms with E-state index in [4.69, 9.17) is 4.74 Å². The third-order valence-electron chi connectivity index (χ3n) is 5.13. The second kappa shape index (κ2) is 10.5. The Morgan fingerprint density at radius 3 is 2.04 bits per heavy atom. The first-order valence-corrected chi connectivity index (χ1v) is 9.80. The van der Waals surface area contributed by atoms with Crippen molar-refractivity contribution in [2.75, 3.05) is 26.2 Å². The van der Waals surface area contributed by atoms with Gasteiger partial charge in [-0.05, 0) is 68.6 Å². The summed E-state index contributed by atoms with van der Waals surface area (Å²) in [6.45, 7) is 11.7. The predicted molar refractivity (Wildman–Crippen MR) is 107 cm³/mol. The van der Waals surface area contributed by atoms with E-state index in [1.165, 1.54) is 34.9 Å². The van der Waals surface area contributed by atoms with Crippen LogP contribution in [0.3, 0.4) is 0 Å². The third kappa shape index (κ3) is 5.85. The minimum absolute atomic E-state index is 0.0448. The molecule has 0 heterocycles. The lowest BCUT2D eigenvalue weighted by Crippen LogP contribution is -2.30. The van der Waals surface area contributed by atoms with Gasteiger partial charge >= 0.3 is 0 Å². The Labute approximate surface area is 162 Å². The number of hydrogen-bond donors (Lipinski definition) is 0. The smallest absolute Gasteiger partial charge is 0.129 e. The summed E-state index contributed by atoms with van der Waals surface area (Å²) >= 11 is 0. The van der Waals surface area contributed by atoms with Gasteiger partial charge in [0, 0.05) is 18.7 Å². The summed E-state index contributed by atoms with van der Waals surface area (Å²) in [6, 6.07) is 10.3. The zero-order chi connectivity index (χ0) is 19.8. The fourth-order valence-electron chi connectivity index (χ4n) is 3.52. The molecule has 0 saturated heterocycles. The SMILES string of the molecule is CCN(CC)CC(OCCCc1c(F)cccc1F)c1c(C)cccc1C. The van der Waals surface area contributed by atoms with Gasteiger partial charge in [-0.2, -0.15) is 0 Å². The lowest BCUT2D eigenvalue weighted by atomic mass is 9.97. The van der Waals surface area contributed by atoms with Crippen LogP contribution < -0.4 is 0 Å². The average Bonchev–Trinajstić information content (AvgIpc) is 2.64. The monoisotopic (exact) mass is 375 g/mol. The molecule has 0 aromatic heterocycles. The summed E-state index contributed by atoms with van der Waals surface area (Å²) < 4.78 is 33.8. The van der Waals surface area contributed by atoms with Crippen LogP contribution in [0.15, 0.2) is 36.4 Å². The fourth-order valence-corrected chi connectivity index (χ4v) is 3.52. The van der Waals surface area contributed by atoms with Crippen molar-refractivity contribution in [2.24, 2.45) is 0 Å². The van der Waals surface area contributed by atoms with Gasteiger partial charge in [0.05, 0.1) is 6.10 Å². The Balaban J connectivity index is 2.06. The quantitative estimate of drug-likeness (QED) is 0.500. The lowest BCUT2D eigenvalue weighted by molar-refractivity contribution is 0.0249. The number of hydrogen-bond acceptors (Lipinski definition) is 2. The third-order valence-corrected chi connectivity index (χ3v) is 5.13. The highest BCUT2D eigenvalue weighted by Gasteiger charge is 2.19. The van der Waals surface area contributed by atoms with E-state index >= 15 is 0 Å². The standard InChI is InChI=1S/C23H31F2NO/c1-5-26(6-2)16-22(23-17(3)10-7-11-18(23)4)27-15-9-12-19-20(24)13-8-14-21(19)25/h7-8,10-11,13-14,22H,5-6,9,12,15-16H2,1-4H3. The van der Waals surface area contributed by atoms with Crippen LogP contribution in [0.25, 0.3) is 0 Å². The molecule has 2 nitrogen and oxygen atoms in total. The number of nitrogens with zero attached hydrogens (tertiary/aromatic N) is 1. The van der Waals surface area contributed by atoms with Gasteiger partial charge in [0.15, 0.2) is 0 Å². The maximum absolute atomic E-state index is 13.8. The minimum atomic E-state index is -0.482. The minimum Gasteiger partial charge on any atom is -0.372 e.